The number of hydrogen-bond acceptors (Lipinski definition) is 6. The van der Waals surface area contributed by atoms with E-state index in [9.17, 15) is 14.4 Å². The molecule has 5 rings (SSSR count). The topological polar surface area (TPSA) is 102 Å². The summed E-state index contributed by atoms with van der Waals surface area (Å²) >= 11 is 16.3. The molecule has 1 spiro atoms. The second-order valence-electron chi connectivity index (χ2n) is 8.38. The number of carbonyl (C=O) groups is 3. The summed E-state index contributed by atoms with van der Waals surface area (Å²) in [4.78, 5) is 42.6. The zero-order valence-corrected chi connectivity index (χ0v) is 21.7. The van der Waals surface area contributed by atoms with Crippen molar-refractivity contribution in [1.82, 2.24) is 0 Å². The fraction of sp³-hybridized carbons (Fsp3) is 0.240. The Balaban J connectivity index is 1.93. The highest BCUT2D eigenvalue weighted by atomic mass is 79.9. The highest BCUT2D eigenvalue weighted by molar-refractivity contribution is 9.10. The predicted molar refractivity (Wildman–Crippen MR) is 137 cm³/mol. The minimum atomic E-state index is -1.76. The highest BCUT2D eigenvalue weighted by Gasteiger charge is 2.62. The Bertz CT molecular complexity index is 1390. The Kier molecular flexibility index (Phi) is 5.94. The molecule has 0 aromatic heterocycles. The number of nitrogens with zero attached hydrogens (tertiary/aromatic N) is 1. The second-order valence-corrected chi connectivity index (χ2v) is 10.1. The van der Waals surface area contributed by atoms with E-state index in [0.29, 0.717) is 39.9 Å². The first kappa shape index (κ1) is 23.9. The lowest BCUT2D eigenvalue weighted by Gasteiger charge is -2.44. The smallest absolute Gasteiger partial charge is 0.339 e. The third-order valence-electron chi connectivity index (χ3n) is 6.53. The van der Waals surface area contributed by atoms with Crippen molar-refractivity contribution in [3.63, 3.8) is 0 Å². The minimum absolute atomic E-state index is 0.0379. The zero-order chi connectivity index (χ0) is 25.1. The van der Waals surface area contributed by atoms with Crippen molar-refractivity contribution in [2.75, 3.05) is 16.8 Å². The maximum atomic E-state index is 13.9. The van der Waals surface area contributed by atoms with Gasteiger partial charge in [0.1, 0.15) is 16.8 Å². The van der Waals surface area contributed by atoms with Crippen LogP contribution in [0, 0.1) is 0 Å². The van der Waals surface area contributed by atoms with Crippen LogP contribution in [-0.2, 0) is 24.5 Å². The molecule has 10 heteroatoms. The van der Waals surface area contributed by atoms with Crippen LogP contribution in [0.4, 0.5) is 11.4 Å². The summed E-state index contributed by atoms with van der Waals surface area (Å²) in [6.45, 7) is 1.71. The number of nitrogens with two attached hydrogens (primary N) is 1. The molecule has 1 amide bonds. The lowest BCUT2D eigenvalue weighted by molar-refractivity contribution is -0.140. The summed E-state index contributed by atoms with van der Waals surface area (Å²) in [5.74, 6) is -1.60. The fourth-order valence-corrected chi connectivity index (χ4v) is 5.96. The number of hydrogen-bond donors (Lipinski definition) is 2. The van der Waals surface area contributed by atoms with Crippen LogP contribution in [-0.4, -0.2) is 24.3 Å². The van der Waals surface area contributed by atoms with E-state index in [1.807, 2.05) is 0 Å². The van der Waals surface area contributed by atoms with Gasteiger partial charge >= 0.3 is 5.97 Å². The van der Waals surface area contributed by atoms with Crippen molar-refractivity contribution in [1.29, 1.82) is 0 Å². The van der Waals surface area contributed by atoms with Gasteiger partial charge in [0.25, 0.3) is 0 Å². The Hall–Kier alpha value is -2.81. The van der Waals surface area contributed by atoms with Gasteiger partial charge in [0.05, 0.1) is 22.3 Å². The summed E-state index contributed by atoms with van der Waals surface area (Å²) in [5.41, 5.74) is 6.92. The normalized spacial score (nSPS) is 21.3. The van der Waals surface area contributed by atoms with Crippen LogP contribution in [0.2, 0.25) is 10.0 Å². The molecule has 1 atom stereocenters. The molecule has 180 valence electrons. The highest BCUT2D eigenvalue weighted by Crippen LogP contribution is 2.56. The Morgan fingerprint density at radius 3 is 2.74 bits per heavy atom. The van der Waals surface area contributed by atoms with Gasteiger partial charge in [-0.05, 0) is 50.1 Å². The van der Waals surface area contributed by atoms with Gasteiger partial charge in [-0.15, -0.1) is 0 Å². The molecule has 35 heavy (non-hydrogen) atoms. The van der Waals surface area contributed by atoms with Crippen molar-refractivity contribution in [3.05, 3.63) is 79.1 Å². The molecular weight excluding hydrogens is 557 g/mol. The van der Waals surface area contributed by atoms with Gasteiger partial charge in [-0.25, -0.2) is 4.79 Å². The van der Waals surface area contributed by atoms with E-state index in [4.69, 9.17) is 33.7 Å². The third kappa shape index (κ3) is 3.34. The summed E-state index contributed by atoms with van der Waals surface area (Å²) in [7, 11) is 0. The number of halogens is 3. The fourth-order valence-electron chi connectivity index (χ4n) is 5.22. The summed E-state index contributed by atoms with van der Waals surface area (Å²) in [6.07, 6.45) is 1.22. The number of esters is 1. The summed E-state index contributed by atoms with van der Waals surface area (Å²) in [6, 6.07) is 10.3. The second kappa shape index (κ2) is 8.69. The van der Waals surface area contributed by atoms with Crippen molar-refractivity contribution >= 4 is 68.2 Å². The standard InChI is InChI=1S/C25H20BrCl2N3O4/c1-2-35-23(33)20-22(29)31(17-7-3-5-14(27)21(17)28)16-6-4-8-18(32)19(16)25(20)13-11-12(26)9-10-15(13)30-24(25)34/h3,5,7,9-11H,2,4,6,8,29H2,1H3,(H,30,34). The van der Waals surface area contributed by atoms with Crippen LogP contribution in [0.3, 0.4) is 0 Å². The number of amides is 1. The molecule has 0 saturated heterocycles. The van der Waals surface area contributed by atoms with E-state index < -0.39 is 17.3 Å². The van der Waals surface area contributed by atoms with E-state index in [2.05, 4.69) is 21.2 Å². The van der Waals surface area contributed by atoms with E-state index in [1.54, 1.807) is 48.2 Å². The lowest BCUT2D eigenvalue weighted by atomic mass is 9.63. The number of benzene rings is 2. The molecule has 3 aliphatic rings. The number of nitrogens with one attached hydrogen (secondary N) is 1. The van der Waals surface area contributed by atoms with Crippen molar-refractivity contribution in [3.8, 4) is 0 Å². The van der Waals surface area contributed by atoms with Crippen molar-refractivity contribution in [2.24, 2.45) is 5.73 Å². The van der Waals surface area contributed by atoms with E-state index in [-0.39, 0.29) is 45.8 Å². The number of fused-ring (bicyclic) bond motifs is 3. The van der Waals surface area contributed by atoms with Gasteiger partial charge in [-0.2, -0.15) is 0 Å². The molecule has 0 bridgehead atoms. The van der Waals surface area contributed by atoms with Crippen molar-refractivity contribution in [2.45, 2.75) is 31.6 Å². The maximum absolute atomic E-state index is 13.9. The average molecular weight is 577 g/mol. The van der Waals surface area contributed by atoms with Crippen molar-refractivity contribution < 1.29 is 19.1 Å². The Morgan fingerprint density at radius 1 is 1.23 bits per heavy atom. The van der Waals surface area contributed by atoms with Gasteiger partial charge in [0.15, 0.2) is 5.78 Å². The lowest BCUT2D eigenvalue weighted by Crippen LogP contribution is -2.53. The molecule has 2 aliphatic heterocycles. The zero-order valence-electron chi connectivity index (χ0n) is 18.6. The van der Waals surface area contributed by atoms with Gasteiger partial charge in [-0.3, -0.25) is 14.5 Å². The van der Waals surface area contributed by atoms with Crippen LogP contribution < -0.4 is 16.0 Å². The number of rotatable bonds is 3. The van der Waals surface area contributed by atoms with E-state index in [1.165, 1.54) is 0 Å². The molecule has 3 N–H and O–H groups in total. The van der Waals surface area contributed by atoms with Crippen LogP contribution in [0.5, 0.6) is 0 Å². The van der Waals surface area contributed by atoms with Crippen LogP contribution in [0.15, 0.2) is 63.5 Å². The van der Waals surface area contributed by atoms with Gasteiger partial charge in [0, 0.05) is 33.4 Å². The molecule has 2 aromatic carbocycles. The predicted octanol–water partition coefficient (Wildman–Crippen LogP) is 5.21. The van der Waals surface area contributed by atoms with Crippen LogP contribution >= 0.6 is 39.1 Å². The maximum Gasteiger partial charge on any atom is 0.339 e. The molecular formula is C25H20BrCl2N3O4. The number of carbonyl (C=O) groups excluding carboxylic acids is 3. The summed E-state index contributed by atoms with van der Waals surface area (Å²) in [5, 5.41) is 3.34. The largest absolute Gasteiger partial charge is 0.462 e. The number of anilines is 2. The SMILES string of the molecule is CCOC(=O)C1=C(N)N(c2cccc(Cl)c2Cl)C2=C(C(=O)CCC2)C12C(=O)Nc1ccc(Br)cc12. The average Bonchev–Trinajstić information content (AvgIpc) is 3.08. The van der Waals surface area contributed by atoms with Crippen LogP contribution in [0.1, 0.15) is 31.7 Å². The Labute approximate surface area is 220 Å². The molecule has 7 nitrogen and oxygen atoms in total. The number of ether oxygens (including phenoxy) is 1. The first-order valence-corrected chi connectivity index (χ1v) is 12.6. The first-order valence-electron chi connectivity index (χ1n) is 11.0. The molecule has 2 heterocycles. The molecule has 0 saturated carbocycles. The number of ketones is 1. The number of allylic oxidation sites excluding steroid dienone is 1. The molecule has 0 radical (unpaired) electrons. The van der Waals surface area contributed by atoms with Gasteiger partial charge in [-0.1, -0.05) is 45.2 Å². The van der Waals surface area contributed by atoms with Crippen LogP contribution in [0.25, 0.3) is 0 Å². The number of Topliss-reactive ketones (excluding diaryl/α,β-unsaturated/α-hetero) is 1. The molecule has 2 aromatic rings. The molecule has 0 fully saturated rings. The van der Waals surface area contributed by atoms with E-state index >= 15 is 0 Å². The monoisotopic (exact) mass is 575 g/mol. The third-order valence-corrected chi connectivity index (χ3v) is 7.83. The first-order chi connectivity index (χ1) is 16.7. The van der Waals surface area contributed by atoms with Gasteiger partial charge < -0.3 is 15.8 Å². The molecule has 1 unspecified atom stereocenters. The van der Waals surface area contributed by atoms with Gasteiger partial charge in [0.2, 0.25) is 5.91 Å². The quantitative estimate of drug-likeness (QED) is 0.487. The Morgan fingerprint density at radius 2 is 2.00 bits per heavy atom. The molecule has 1 aliphatic carbocycles. The summed E-state index contributed by atoms with van der Waals surface area (Å²) < 4.78 is 6.08. The minimum Gasteiger partial charge on any atom is -0.462 e. The van der Waals surface area contributed by atoms with E-state index in [0.717, 1.165) is 0 Å².